The number of carbonyl (C=O) groups excluding carboxylic acids is 1. The van der Waals surface area contributed by atoms with Gasteiger partial charge in [0.25, 0.3) is 0 Å². The number of rotatable bonds is 5. The number of anilines is 2. The van der Waals surface area contributed by atoms with E-state index in [1.165, 1.54) is 6.92 Å². The summed E-state index contributed by atoms with van der Waals surface area (Å²) in [7, 11) is 0. The van der Waals surface area contributed by atoms with Crippen molar-refractivity contribution in [1.29, 1.82) is 0 Å². The molecule has 1 fully saturated rings. The van der Waals surface area contributed by atoms with E-state index in [4.69, 9.17) is 10.5 Å². The number of nitrogens with two attached hydrogens (primary N) is 1. The van der Waals surface area contributed by atoms with Crippen molar-refractivity contribution in [3.05, 3.63) is 23.8 Å². The molecule has 0 unspecified atom stereocenters. The fraction of sp³-hybridized carbons (Fsp3) is 0.500. The molecule has 1 aromatic rings. The average molecular weight is 263 g/mol. The largest absolute Gasteiger partial charge is 0.398 e. The zero-order chi connectivity index (χ0) is 13.7. The van der Waals surface area contributed by atoms with Gasteiger partial charge in [0, 0.05) is 43.1 Å². The smallest absolute Gasteiger partial charge is 0.161 e. The van der Waals surface area contributed by atoms with Crippen LogP contribution in [-0.4, -0.2) is 50.1 Å². The van der Waals surface area contributed by atoms with Gasteiger partial charge in [0.1, 0.15) is 0 Å². The SMILES string of the molecule is CC(=O)c1cc(NCCN2CCOCC2)ccc1N. The lowest BCUT2D eigenvalue weighted by atomic mass is 10.1. The van der Waals surface area contributed by atoms with Crippen LogP contribution >= 0.6 is 0 Å². The Kier molecular flexibility index (Phi) is 4.76. The summed E-state index contributed by atoms with van der Waals surface area (Å²) in [5.41, 5.74) is 7.82. The van der Waals surface area contributed by atoms with Crippen molar-refractivity contribution in [2.75, 3.05) is 50.4 Å². The zero-order valence-corrected chi connectivity index (χ0v) is 11.3. The van der Waals surface area contributed by atoms with Gasteiger partial charge in [0.05, 0.1) is 13.2 Å². The molecule has 0 atom stereocenters. The third-order valence-corrected chi connectivity index (χ3v) is 3.29. The zero-order valence-electron chi connectivity index (χ0n) is 11.3. The van der Waals surface area contributed by atoms with Crippen LogP contribution in [0.4, 0.5) is 11.4 Å². The maximum Gasteiger partial charge on any atom is 0.161 e. The number of hydrogen-bond acceptors (Lipinski definition) is 5. The van der Waals surface area contributed by atoms with E-state index < -0.39 is 0 Å². The Labute approximate surface area is 113 Å². The second kappa shape index (κ2) is 6.54. The van der Waals surface area contributed by atoms with Crippen molar-refractivity contribution in [3.63, 3.8) is 0 Å². The predicted octanol–water partition coefficient (Wildman–Crippen LogP) is 1.22. The molecular formula is C14H21N3O2. The molecule has 0 bridgehead atoms. The molecule has 1 saturated heterocycles. The third kappa shape index (κ3) is 3.94. The van der Waals surface area contributed by atoms with Gasteiger partial charge in [-0.25, -0.2) is 0 Å². The minimum Gasteiger partial charge on any atom is -0.398 e. The molecule has 5 nitrogen and oxygen atoms in total. The maximum atomic E-state index is 11.4. The molecular weight excluding hydrogens is 242 g/mol. The lowest BCUT2D eigenvalue weighted by molar-refractivity contribution is 0.0398. The number of benzene rings is 1. The van der Waals surface area contributed by atoms with E-state index in [0.717, 1.165) is 45.1 Å². The summed E-state index contributed by atoms with van der Waals surface area (Å²) in [5, 5.41) is 3.32. The van der Waals surface area contributed by atoms with Gasteiger partial charge in [0.15, 0.2) is 5.78 Å². The fourth-order valence-corrected chi connectivity index (χ4v) is 2.15. The first kappa shape index (κ1) is 13.8. The van der Waals surface area contributed by atoms with Gasteiger partial charge in [-0.3, -0.25) is 9.69 Å². The third-order valence-electron chi connectivity index (χ3n) is 3.29. The fourth-order valence-electron chi connectivity index (χ4n) is 2.15. The highest BCUT2D eigenvalue weighted by atomic mass is 16.5. The van der Waals surface area contributed by atoms with Gasteiger partial charge in [0.2, 0.25) is 0 Å². The molecule has 104 valence electrons. The predicted molar refractivity (Wildman–Crippen MR) is 76.6 cm³/mol. The highest BCUT2D eigenvalue weighted by molar-refractivity contribution is 5.99. The van der Waals surface area contributed by atoms with Crippen molar-refractivity contribution in [1.82, 2.24) is 4.90 Å². The van der Waals surface area contributed by atoms with E-state index in [1.54, 1.807) is 6.07 Å². The topological polar surface area (TPSA) is 67.6 Å². The van der Waals surface area contributed by atoms with Gasteiger partial charge in [-0.2, -0.15) is 0 Å². The van der Waals surface area contributed by atoms with Crippen LogP contribution in [0.3, 0.4) is 0 Å². The number of nitrogens with zero attached hydrogens (tertiary/aromatic N) is 1. The number of nitrogen functional groups attached to an aromatic ring is 1. The van der Waals surface area contributed by atoms with Crippen molar-refractivity contribution in [2.24, 2.45) is 0 Å². The van der Waals surface area contributed by atoms with Crippen LogP contribution in [0.25, 0.3) is 0 Å². The monoisotopic (exact) mass is 263 g/mol. The summed E-state index contributed by atoms with van der Waals surface area (Å²) >= 11 is 0. The second-order valence-electron chi connectivity index (χ2n) is 4.74. The molecule has 0 spiro atoms. The molecule has 2 rings (SSSR count). The molecule has 1 heterocycles. The number of Topliss-reactive ketones (excluding diaryl/α,β-unsaturated/α-hetero) is 1. The van der Waals surface area contributed by atoms with Crippen LogP contribution < -0.4 is 11.1 Å². The summed E-state index contributed by atoms with van der Waals surface area (Å²) in [6.45, 7) is 6.96. The van der Waals surface area contributed by atoms with Crippen molar-refractivity contribution in [2.45, 2.75) is 6.92 Å². The van der Waals surface area contributed by atoms with Crippen LogP contribution in [0.2, 0.25) is 0 Å². The van der Waals surface area contributed by atoms with Crippen LogP contribution in [0.5, 0.6) is 0 Å². The van der Waals surface area contributed by atoms with Crippen molar-refractivity contribution >= 4 is 17.2 Å². The van der Waals surface area contributed by atoms with E-state index in [2.05, 4.69) is 10.2 Å². The Balaban J connectivity index is 1.85. The van der Waals surface area contributed by atoms with Crippen molar-refractivity contribution < 1.29 is 9.53 Å². The Morgan fingerprint density at radius 1 is 1.42 bits per heavy atom. The molecule has 3 N–H and O–H groups in total. The summed E-state index contributed by atoms with van der Waals surface area (Å²) in [5.74, 6) is -0.00525. The second-order valence-corrected chi connectivity index (χ2v) is 4.74. The van der Waals surface area contributed by atoms with E-state index >= 15 is 0 Å². The Bertz CT molecular complexity index is 442. The highest BCUT2D eigenvalue weighted by Gasteiger charge is 2.10. The normalized spacial score (nSPS) is 16.3. The molecule has 0 amide bonds. The van der Waals surface area contributed by atoms with Crippen LogP contribution in [0, 0.1) is 0 Å². The molecule has 1 aliphatic heterocycles. The minimum absolute atomic E-state index is 0.00525. The molecule has 19 heavy (non-hydrogen) atoms. The molecule has 1 aliphatic rings. The average Bonchev–Trinajstić information content (AvgIpc) is 2.41. The number of morpholine rings is 1. The number of ketones is 1. The number of hydrogen-bond donors (Lipinski definition) is 2. The summed E-state index contributed by atoms with van der Waals surface area (Å²) in [6.07, 6.45) is 0. The molecule has 0 saturated carbocycles. The van der Waals surface area contributed by atoms with Gasteiger partial charge < -0.3 is 15.8 Å². The van der Waals surface area contributed by atoms with E-state index in [0.29, 0.717) is 11.3 Å². The highest BCUT2D eigenvalue weighted by Crippen LogP contribution is 2.18. The lowest BCUT2D eigenvalue weighted by Crippen LogP contribution is -2.39. The van der Waals surface area contributed by atoms with Crippen LogP contribution in [-0.2, 0) is 4.74 Å². The standard InChI is InChI=1S/C14H21N3O2/c1-11(18)13-10-12(2-3-14(13)15)16-4-5-17-6-8-19-9-7-17/h2-3,10,16H,4-9,15H2,1H3. The van der Waals surface area contributed by atoms with Crippen LogP contribution in [0.1, 0.15) is 17.3 Å². The quantitative estimate of drug-likeness (QED) is 0.617. The van der Waals surface area contributed by atoms with Gasteiger partial charge in [-0.05, 0) is 25.1 Å². The van der Waals surface area contributed by atoms with E-state index in [-0.39, 0.29) is 5.78 Å². The summed E-state index contributed by atoms with van der Waals surface area (Å²) < 4.78 is 5.31. The number of ether oxygens (including phenoxy) is 1. The minimum atomic E-state index is -0.00525. The van der Waals surface area contributed by atoms with Gasteiger partial charge in [-0.1, -0.05) is 0 Å². The molecule has 0 radical (unpaired) electrons. The Morgan fingerprint density at radius 2 is 2.16 bits per heavy atom. The molecule has 0 aliphatic carbocycles. The lowest BCUT2D eigenvalue weighted by Gasteiger charge is -2.26. The Morgan fingerprint density at radius 3 is 2.84 bits per heavy atom. The Hall–Kier alpha value is -1.59. The van der Waals surface area contributed by atoms with Crippen LogP contribution in [0.15, 0.2) is 18.2 Å². The number of carbonyl (C=O) groups is 1. The first-order chi connectivity index (χ1) is 9.16. The maximum absolute atomic E-state index is 11.4. The van der Waals surface area contributed by atoms with Crippen molar-refractivity contribution in [3.8, 4) is 0 Å². The van der Waals surface area contributed by atoms with Gasteiger partial charge >= 0.3 is 0 Å². The molecule has 5 heteroatoms. The summed E-state index contributed by atoms with van der Waals surface area (Å²) in [4.78, 5) is 13.8. The van der Waals surface area contributed by atoms with E-state index in [1.807, 2.05) is 12.1 Å². The molecule has 1 aromatic carbocycles. The van der Waals surface area contributed by atoms with E-state index in [9.17, 15) is 4.79 Å². The first-order valence-corrected chi connectivity index (χ1v) is 6.61. The molecule has 0 aromatic heterocycles. The summed E-state index contributed by atoms with van der Waals surface area (Å²) in [6, 6.07) is 5.49. The number of nitrogens with one attached hydrogen (secondary N) is 1. The van der Waals surface area contributed by atoms with Gasteiger partial charge in [-0.15, -0.1) is 0 Å². The first-order valence-electron chi connectivity index (χ1n) is 6.61.